The monoisotopic (exact) mass is 193 g/mol. The highest BCUT2D eigenvalue weighted by molar-refractivity contribution is 5.41. The smallest absolute Gasteiger partial charge is 0.122 e. The molecule has 0 unspecified atom stereocenters. The third-order valence-corrected chi connectivity index (χ3v) is 2.37. The van der Waals surface area contributed by atoms with Crippen LogP contribution >= 0.6 is 0 Å². The highest BCUT2D eigenvalue weighted by atomic mass is 16.5. The molecule has 0 amide bonds. The van der Waals surface area contributed by atoms with E-state index in [0.717, 1.165) is 18.9 Å². The van der Waals surface area contributed by atoms with Crippen LogP contribution in [0.1, 0.15) is 16.7 Å². The topological polar surface area (TPSA) is 21.3 Å². The van der Waals surface area contributed by atoms with Crippen LogP contribution in [0.3, 0.4) is 0 Å². The first-order chi connectivity index (χ1) is 6.65. The molecule has 0 fully saturated rings. The fourth-order valence-corrected chi connectivity index (χ4v) is 1.41. The molecule has 0 aliphatic rings. The molecule has 0 bridgehead atoms. The van der Waals surface area contributed by atoms with Crippen molar-refractivity contribution < 1.29 is 4.74 Å². The van der Waals surface area contributed by atoms with Crippen molar-refractivity contribution >= 4 is 0 Å². The Balaban J connectivity index is 2.75. The van der Waals surface area contributed by atoms with E-state index in [9.17, 15) is 0 Å². The fourth-order valence-electron chi connectivity index (χ4n) is 1.41. The number of rotatable bonds is 4. The average Bonchev–Trinajstić information content (AvgIpc) is 2.13. The van der Waals surface area contributed by atoms with Crippen molar-refractivity contribution in [3.05, 3.63) is 28.8 Å². The zero-order valence-corrected chi connectivity index (χ0v) is 9.48. The van der Waals surface area contributed by atoms with E-state index < -0.39 is 0 Å². The van der Waals surface area contributed by atoms with Crippen molar-refractivity contribution in [2.45, 2.75) is 20.8 Å². The number of aryl methyl sites for hydroxylation is 2. The molecule has 0 aliphatic carbocycles. The molecule has 0 radical (unpaired) electrons. The van der Waals surface area contributed by atoms with Gasteiger partial charge >= 0.3 is 0 Å². The van der Waals surface area contributed by atoms with Gasteiger partial charge in [0.05, 0.1) is 0 Å². The Bertz CT molecular complexity index is 307. The Labute approximate surface area is 86.3 Å². The molecular formula is C12H19NO. The first kappa shape index (κ1) is 11.1. The summed E-state index contributed by atoms with van der Waals surface area (Å²) in [5, 5.41) is 3.06. The minimum atomic E-state index is 0.722. The Morgan fingerprint density at radius 2 is 1.93 bits per heavy atom. The molecule has 0 saturated heterocycles. The van der Waals surface area contributed by atoms with Crippen LogP contribution in [0.4, 0.5) is 0 Å². The first-order valence-electron chi connectivity index (χ1n) is 5.00. The van der Waals surface area contributed by atoms with Gasteiger partial charge in [0.25, 0.3) is 0 Å². The highest BCUT2D eigenvalue weighted by Crippen LogP contribution is 2.22. The van der Waals surface area contributed by atoms with Gasteiger partial charge in [-0.25, -0.2) is 0 Å². The molecule has 0 spiro atoms. The van der Waals surface area contributed by atoms with Crippen LogP contribution in [0.15, 0.2) is 12.1 Å². The molecule has 1 N–H and O–H groups in total. The van der Waals surface area contributed by atoms with Crippen molar-refractivity contribution in [1.29, 1.82) is 0 Å². The molecule has 1 rings (SSSR count). The molecule has 78 valence electrons. The van der Waals surface area contributed by atoms with Crippen LogP contribution in [0.2, 0.25) is 0 Å². The predicted molar refractivity (Wildman–Crippen MR) is 60.1 cm³/mol. The Morgan fingerprint density at radius 3 is 2.57 bits per heavy atom. The molecular weight excluding hydrogens is 174 g/mol. The average molecular weight is 193 g/mol. The Morgan fingerprint density at radius 1 is 1.21 bits per heavy atom. The second-order valence-electron chi connectivity index (χ2n) is 3.66. The normalized spacial score (nSPS) is 10.3. The van der Waals surface area contributed by atoms with Gasteiger partial charge in [-0.2, -0.15) is 0 Å². The van der Waals surface area contributed by atoms with Gasteiger partial charge in [0.1, 0.15) is 12.4 Å². The van der Waals surface area contributed by atoms with Crippen molar-refractivity contribution in [1.82, 2.24) is 5.32 Å². The molecule has 2 heteroatoms. The lowest BCUT2D eigenvalue weighted by atomic mass is 10.1. The van der Waals surface area contributed by atoms with Crippen LogP contribution in [-0.2, 0) is 0 Å². The summed E-state index contributed by atoms with van der Waals surface area (Å²) in [5.74, 6) is 1.01. The Kier molecular flexibility index (Phi) is 3.96. The lowest BCUT2D eigenvalue weighted by Crippen LogP contribution is -2.16. The van der Waals surface area contributed by atoms with Crippen molar-refractivity contribution in [3.63, 3.8) is 0 Å². The summed E-state index contributed by atoms with van der Waals surface area (Å²) >= 11 is 0. The van der Waals surface area contributed by atoms with Gasteiger partial charge < -0.3 is 10.1 Å². The molecule has 1 aromatic rings. The second-order valence-corrected chi connectivity index (χ2v) is 3.66. The highest BCUT2D eigenvalue weighted by Gasteiger charge is 2.02. The fraction of sp³-hybridized carbons (Fsp3) is 0.500. The van der Waals surface area contributed by atoms with Crippen molar-refractivity contribution in [2.24, 2.45) is 0 Å². The SMILES string of the molecule is CNCCOc1cc(C)cc(C)c1C. The second kappa shape index (κ2) is 5.01. The van der Waals surface area contributed by atoms with Crippen LogP contribution in [-0.4, -0.2) is 20.2 Å². The van der Waals surface area contributed by atoms with Gasteiger partial charge in [-0.3, -0.25) is 0 Å². The maximum atomic E-state index is 5.68. The van der Waals surface area contributed by atoms with Gasteiger partial charge in [0.2, 0.25) is 0 Å². The van der Waals surface area contributed by atoms with E-state index in [1.807, 2.05) is 7.05 Å². The minimum absolute atomic E-state index is 0.722. The lowest BCUT2D eigenvalue weighted by Gasteiger charge is -2.11. The maximum Gasteiger partial charge on any atom is 0.122 e. The van der Waals surface area contributed by atoms with E-state index in [0.29, 0.717) is 0 Å². The third-order valence-electron chi connectivity index (χ3n) is 2.37. The van der Waals surface area contributed by atoms with Gasteiger partial charge in [0.15, 0.2) is 0 Å². The van der Waals surface area contributed by atoms with Gasteiger partial charge in [-0.1, -0.05) is 6.07 Å². The molecule has 0 saturated carbocycles. The van der Waals surface area contributed by atoms with Gasteiger partial charge in [-0.15, -0.1) is 0 Å². The molecule has 0 atom stereocenters. The molecule has 0 heterocycles. The number of nitrogens with one attached hydrogen (secondary N) is 1. The number of hydrogen-bond acceptors (Lipinski definition) is 2. The summed E-state index contributed by atoms with van der Waals surface area (Å²) in [5.41, 5.74) is 3.80. The van der Waals surface area contributed by atoms with E-state index in [-0.39, 0.29) is 0 Å². The van der Waals surface area contributed by atoms with Crippen LogP contribution < -0.4 is 10.1 Å². The maximum absolute atomic E-state index is 5.68. The summed E-state index contributed by atoms with van der Waals surface area (Å²) in [6, 6.07) is 4.28. The molecule has 0 aromatic heterocycles. The van der Waals surface area contributed by atoms with E-state index >= 15 is 0 Å². The van der Waals surface area contributed by atoms with E-state index in [1.165, 1.54) is 16.7 Å². The molecule has 0 aliphatic heterocycles. The van der Waals surface area contributed by atoms with E-state index in [1.54, 1.807) is 0 Å². The standard InChI is InChI=1S/C12H19NO/c1-9-7-10(2)11(3)12(8-9)14-6-5-13-4/h7-8,13H,5-6H2,1-4H3. The third kappa shape index (κ3) is 2.74. The van der Waals surface area contributed by atoms with Crippen LogP contribution in [0.25, 0.3) is 0 Å². The van der Waals surface area contributed by atoms with Crippen molar-refractivity contribution in [2.75, 3.05) is 20.2 Å². The largest absolute Gasteiger partial charge is 0.492 e. The Hall–Kier alpha value is -1.02. The van der Waals surface area contributed by atoms with E-state index in [2.05, 4.69) is 38.2 Å². The lowest BCUT2D eigenvalue weighted by molar-refractivity contribution is 0.316. The minimum Gasteiger partial charge on any atom is -0.492 e. The molecule has 14 heavy (non-hydrogen) atoms. The predicted octanol–water partition coefficient (Wildman–Crippen LogP) is 2.21. The van der Waals surface area contributed by atoms with Crippen LogP contribution in [0.5, 0.6) is 5.75 Å². The summed E-state index contributed by atoms with van der Waals surface area (Å²) in [4.78, 5) is 0. The molecule has 1 aromatic carbocycles. The van der Waals surface area contributed by atoms with E-state index in [4.69, 9.17) is 4.74 Å². The number of likely N-dealkylation sites (N-methyl/N-ethyl adjacent to an activating group) is 1. The number of hydrogen-bond donors (Lipinski definition) is 1. The summed E-state index contributed by atoms with van der Waals surface area (Å²) in [6.45, 7) is 7.92. The zero-order valence-electron chi connectivity index (χ0n) is 9.48. The zero-order chi connectivity index (χ0) is 10.6. The summed E-state index contributed by atoms with van der Waals surface area (Å²) < 4.78 is 5.68. The first-order valence-corrected chi connectivity index (χ1v) is 5.00. The quantitative estimate of drug-likeness (QED) is 0.740. The summed E-state index contributed by atoms with van der Waals surface area (Å²) in [6.07, 6.45) is 0. The van der Waals surface area contributed by atoms with Gasteiger partial charge in [-0.05, 0) is 50.6 Å². The van der Waals surface area contributed by atoms with Gasteiger partial charge in [0, 0.05) is 6.54 Å². The van der Waals surface area contributed by atoms with Crippen molar-refractivity contribution in [3.8, 4) is 5.75 Å². The number of benzene rings is 1. The van der Waals surface area contributed by atoms with Crippen LogP contribution in [0, 0.1) is 20.8 Å². The number of ether oxygens (including phenoxy) is 1. The summed E-state index contributed by atoms with van der Waals surface area (Å²) in [7, 11) is 1.93. The molecule has 2 nitrogen and oxygen atoms in total.